The molecular weight excluding hydrogens is 350 g/mol. The van der Waals surface area contributed by atoms with Crippen LogP contribution in [0, 0.1) is 13.8 Å². The van der Waals surface area contributed by atoms with E-state index in [1.165, 1.54) is 0 Å². The van der Waals surface area contributed by atoms with E-state index in [1.807, 2.05) is 55.1 Å². The molecule has 132 valence electrons. The Kier molecular flexibility index (Phi) is 4.24. The first kappa shape index (κ1) is 16.8. The van der Waals surface area contributed by atoms with Crippen LogP contribution in [0.5, 0.6) is 0 Å². The first-order valence-electron chi connectivity index (χ1n) is 8.49. The maximum absolute atomic E-state index is 12.6. The zero-order chi connectivity index (χ0) is 18.3. The van der Waals surface area contributed by atoms with E-state index in [-0.39, 0.29) is 11.8 Å². The molecule has 1 amide bonds. The van der Waals surface area contributed by atoms with Gasteiger partial charge in [-0.1, -0.05) is 47.1 Å². The second-order valence-electron chi connectivity index (χ2n) is 6.58. The second-order valence-corrected chi connectivity index (χ2v) is 6.99. The number of benzene rings is 2. The number of hydrogen-bond acceptors (Lipinski definition) is 4. The van der Waals surface area contributed by atoms with Gasteiger partial charge in [-0.3, -0.25) is 4.79 Å². The lowest BCUT2D eigenvalue weighted by molar-refractivity contribution is -0.117. The fourth-order valence-electron chi connectivity index (χ4n) is 3.47. The number of aryl methyl sites for hydroxylation is 2. The van der Waals surface area contributed by atoms with Crippen molar-refractivity contribution < 1.29 is 9.32 Å². The van der Waals surface area contributed by atoms with Crippen LogP contribution in [0.25, 0.3) is 11.4 Å². The Morgan fingerprint density at radius 1 is 1.12 bits per heavy atom. The number of aromatic nitrogens is 2. The molecule has 0 spiro atoms. The Bertz CT molecular complexity index is 962. The van der Waals surface area contributed by atoms with Gasteiger partial charge in [0, 0.05) is 24.2 Å². The first-order chi connectivity index (χ1) is 12.5. The van der Waals surface area contributed by atoms with E-state index in [1.54, 1.807) is 6.07 Å². The number of amides is 1. The predicted octanol–water partition coefficient (Wildman–Crippen LogP) is 4.53. The third kappa shape index (κ3) is 2.88. The van der Waals surface area contributed by atoms with Gasteiger partial charge in [0.25, 0.3) is 0 Å². The van der Waals surface area contributed by atoms with E-state index in [0.29, 0.717) is 29.7 Å². The van der Waals surface area contributed by atoms with Crippen molar-refractivity contribution in [3.8, 4) is 11.4 Å². The average molecular weight is 368 g/mol. The van der Waals surface area contributed by atoms with Crippen LogP contribution in [-0.2, 0) is 4.79 Å². The van der Waals surface area contributed by atoms with Crippen LogP contribution in [0.3, 0.4) is 0 Å². The van der Waals surface area contributed by atoms with Gasteiger partial charge in [0.1, 0.15) is 0 Å². The standard InChI is InChI=1S/C20H18ClN3O2/c1-12-6-5-7-13(2)18(12)24-11-14(10-17(24)25)20-22-19(23-26-20)15-8-3-4-9-16(15)21/h3-9,14H,10-11H2,1-2H3/t14-/m1/s1. The molecule has 3 aromatic rings. The molecular formula is C20H18ClN3O2. The Morgan fingerprint density at radius 2 is 1.85 bits per heavy atom. The van der Waals surface area contributed by atoms with Gasteiger partial charge in [-0.05, 0) is 37.1 Å². The monoisotopic (exact) mass is 367 g/mol. The lowest BCUT2D eigenvalue weighted by Crippen LogP contribution is -2.26. The highest BCUT2D eigenvalue weighted by Crippen LogP contribution is 2.35. The molecule has 1 aromatic heterocycles. The molecule has 0 N–H and O–H groups in total. The number of halogens is 1. The van der Waals surface area contributed by atoms with Crippen LogP contribution in [0.15, 0.2) is 47.0 Å². The average Bonchev–Trinajstić information content (AvgIpc) is 3.23. The molecule has 0 radical (unpaired) electrons. The van der Waals surface area contributed by atoms with Gasteiger partial charge in [-0.15, -0.1) is 0 Å². The third-order valence-electron chi connectivity index (χ3n) is 4.74. The van der Waals surface area contributed by atoms with Crippen molar-refractivity contribution in [2.45, 2.75) is 26.2 Å². The van der Waals surface area contributed by atoms with E-state index in [0.717, 1.165) is 22.4 Å². The minimum Gasteiger partial charge on any atom is -0.339 e. The Labute approximate surface area is 156 Å². The number of hydrogen-bond donors (Lipinski definition) is 0. The molecule has 0 saturated carbocycles. The number of rotatable bonds is 3. The van der Waals surface area contributed by atoms with Gasteiger partial charge in [0.2, 0.25) is 17.6 Å². The molecule has 1 aliphatic heterocycles. The van der Waals surface area contributed by atoms with Gasteiger partial charge < -0.3 is 9.42 Å². The topological polar surface area (TPSA) is 59.2 Å². The summed E-state index contributed by atoms with van der Waals surface area (Å²) in [5.41, 5.74) is 3.87. The van der Waals surface area contributed by atoms with Crippen LogP contribution in [-0.4, -0.2) is 22.6 Å². The maximum atomic E-state index is 12.6. The van der Waals surface area contributed by atoms with Gasteiger partial charge in [0.05, 0.1) is 10.9 Å². The van der Waals surface area contributed by atoms with E-state index in [4.69, 9.17) is 16.1 Å². The molecule has 4 rings (SSSR count). The molecule has 0 aliphatic carbocycles. The molecule has 1 fully saturated rings. The van der Waals surface area contributed by atoms with Crippen molar-refractivity contribution in [1.29, 1.82) is 0 Å². The highest BCUT2D eigenvalue weighted by molar-refractivity contribution is 6.33. The van der Waals surface area contributed by atoms with E-state index in [2.05, 4.69) is 10.1 Å². The number of carbonyl (C=O) groups is 1. The maximum Gasteiger partial charge on any atom is 0.232 e. The van der Waals surface area contributed by atoms with Crippen molar-refractivity contribution in [3.05, 3.63) is 64.5 Å². The number of nitrogens with zero attached hydrogens (tertiary/aromatic N) is 3. The van der Waals surface area contributed by atoms with Gasteiger partial charge in [-0.25, -0.2) is 0 Å². The van der Waals surface area contributed by atoms with Crippen molar-refractivity contribution in [2.75, 3.05) is 11.4 Å². The largest absolute Gasteiger partial charge is 0.339 e. The Hall–Kier alpha value is -2.66. The summed E-state index contributed by atoms with van der Waals surface area (Å²) < 4.78 is 5.45. The van der Waals surface area contributed by atoms with E-state index >= 15 is 0 Å². The highest BCUT2D eigenvalue weighted by Gasteiger charge is 2.36. The van der Waals surface area contributed by atoms with Crippen LogP contribution >= 0.6 is 11.6 Å². The van der Waals surface area contributed by atoms with E-state index < -0.39 is 0 Å². The zero-order valence-corrected chi connectivity index (χ0v) is 15.3. The van der Waals surface area contributed by atoms with Gasteiger partial charge >= 0.3 is 0 Å². The van der Waals surface area contributed by atoms with Crippen molar-refractivity contribution in [3.63, 3.8) is 0 Å². The van der Waals surface area contributed by atoms with Gasteiger partial charge in [0.15, 0.2) is 0 Å². The smallest absolute Gasteiger partial charge is 0.232 e. The number of carbonyl (C=O) groups excluding carboxylic acids is 1. The summed E-state index contributed by atoms with van der Waals surface area (Å²) in [5.74, 6) is 0.876. The lowest BCUT2D eigenvalue weighted by Gasteiger charge is -2.21. The minimum atomic E-state index is -0.120. The van der Waals surface area contributed by atoms with Crippen molar-refractivity contribution in [1.82, 2.24) is 10.1 Å². The minimum absolute atomic E-state index is 0.0740. The van der Waals surface area contributed by atoms with Crippen molar-refractivity contribution >= 4 is 23.2 Å². The summed E-state index contributed by atoms with van der Waals surface area (Å²) in [4.78, 5) is 18.9. The molecule has 2 aromatic carbocycles. The predicted molar refractivity (Wildman–Crippen MR) is 100 cm³/mol. The second kappa shape index (κ2) is 6.57. The molecule has 1 saturated heterocycles. The van der Waals surface area contributed by atoms with Crippen LogP contribution < -0.4 is 4.90 Å². The number of anilines is 1. The van der Waals surface area contributed by atoms with Crippen LogP contribution in [0.1, 0.15) is 29.4 Å². The SMILES string of the molecule is Cc1cccc(C)c1N1C[C@H](c2nc(-c3ccccc3Cl)no2)CC1=O. The summed E-state index contributed by atoms with van der Waals surface area (Å²) >= 11 is 6.20. The molecule has 26 heavy (non-hydrogen) atoms. The fraction of sp³-hybridized carbons (Fsp3) is 0.250. The fourth-order valence-corrected chi connectivity index (χ4v) is 3.69. The van der Waals surface area contributed by atoms with E-state index in [9.17, 15) is 4.79 Å². The van der Waals surface area contributed by atoms with Gasteiger partial charge in [-0.2, -0.15) is 4.98 Å². The molecule has 1 atom stereocenters. The summed E-state index contributed by atoms with van der Waals surface area (Å²) in [5, 5.41) is 4.62. The molecule has 5 nitrogen and oxygen atoms in total. The quantitative estimate of drug-likeness (QED) is 0.682. The molecule has 0 unspecified atom stereocenters. The number of para-hydroxylation sites is 1. The summed E-state index contributed by atoms with van der Waals surface area (Å²) in [6.45, 7) is 4.57. The zero-order valence-electron chi connectivity index (χ0n) is 14.6. The highest BCUT2D eigenvalue weighted by atomic mass is 35.5. The lowest BCUT2D eigenvalue weighted by atomic mass is 10.1. The summed E-state index contributed by atoms with van der Waals surface area (Å²) in [6.07, 6.45) is 0.359. The van der Waals surface area contributed by atoms with Crippen LogP contribution in [0.2, 0.25) is 5.02 Å². The normalized spacial score (nSPS) is 17.1. The summed E-state index contributed by atoms with van der Waals surface area (Å²) in [6, 6.07) is 13.4. The molecule has 6 heteroatoms. The van der Waals surface area contributed by atoms with Crippen LogP contribution in [0.4, 0.5) is 5.69 Å². The first-order valence-corrected chi connectivity index (χ1v) is 8.87. The Morgan fingerprint density at radius 3 is 2.58 bits per heavy atom. The molecule has 1 aliphatic rings. The van der Waals surface area contributed by atoms with Crippen molar-refractivity contribution in [2.24, 2.45) is 0 Å². The Balaban J connectivity index is 1.61. The molecule has 0 bridgehead atoms. The third-order valence-corrected chi connectivity index (χ3v) is 5.07. The summed E-state index contributed by atoms with van der Waals surface area (Å²) in [7, 11) is 0. The molecule has 2 heterocycles.